The van der Waals surface area contributed by atoms with Crippen LogP contribution in [-0.4, -0.2) is 55.8 Å². The molecule has 0 radical (unpaired) electrons. The summed E-state index contributed by atoms with van der Waals surface area (Å²) in [6.07, 6.45) is 4.05. The van der Waals surface area contributed by atoms with Crippen LogP contribution in [0.5, 0.6) is 5.75 Å². The molecule has 2 fully saturated rings. The van der Waals surface area contributed by atoms with Crippen LogP contribution >= 0.6 is 0 Å². The smallest absolute Gasteiger partial charge is 0.260 e. The number of carbonyl (C=O) groups is 1. The highest BCUT2D eigenvalue weighted by Gasteiger charge is 2.28. The van der Waals surface area contributed by atoms with E-state index in [9.17, 15) is 18.0 Å². The van der Waals surface area contributed by atoms with Gasteiger partial charge in [0.15, 0.2) is 6.61 Å². The summed E-state index contributed by atoms with van der Waals surface area (Å²) < 4.78 is 32.6. The van der Waals surface area contributed by atoms with Gasteiger partial charge in [0.2, 0.25) is 10.0 Å². The van der Waals surface area contributed by atoms with Crippen LogP contribution in [0.1, 0.15) is 49.0 Å². The molecule has 0 unspecified atom stereocenters. The Labute approximate surface area is 206 Å². The molecule has 0 spiro atoms. The van der Waals surface area contributed by atoms with E-state index in [1.807, 2.05) is 38.1 Å². The topological polar surface area (TPSA) is 97.7 Å². The van der Waals surface area contributed by atoms with Crippen molar-refractivity contribution in [3.8, 4) is 17.6 Å². The molecule has 1 N–H and O–H groups in total. The second-order valence-corrected chi connectivity index (χ2v) is 11.2. The van der Waals surface area contributed by atoms with Crippen molar-refractivity contribution >= 4 is 15.9 Å². The van der Waals surface area contributed by atoms with Gasteiger partial charge in [-0.25, -0.2) is 13.1 Å². The molecule has 186 valence electrons. The Morgan fingerprint density at radius 2 is 1.91 bits per heavy atom. The maximum Gasteiger partial charge on any atom is 0.260 e. The number of hydrogen-bond donors (Lipinski definition) is 1. The van der Waals surface area contributed by atoms with Crippen LogP contribution in [-0.2, 0) is 14.8 Å². The minimum atomic E-state index is -3.32. The molecule has 0 bridgehead atoms. The summed E-state index contributed by atoms with van der Waals surface area (Å²) in [5.41, 5.74) is 2.49. The van der Waals surface area contributed by atoms with Crippen molar-refractivity contribution in [2.45, 2.75) is 45.2 Å². The highest BCUT2D eigenvalue weighted by Crippen LogP contribution is 2.27. The van der Waals surface area contributed by atoms with E-state index >= 15 is 0 Å². The lowest BCUT2D eigenvalue weighted by Gasteiger charge is -2.20. The number of amides is 1. The molecule has 1 aliphatic carbocycles. The van der Waals surface area contributed by atoms with E-state index in [1.165, 1.54) is 18.9 Å². The monoisotopic (exact) mass is 497 g/mol. The zero-order chi connectivity index (χ0) is 25.2. The van der Waals surface area contributed by atoms with Crippen molar-refractivity contribution in [1.82, 2.24) is 14.2 Å². The number of aryl methyl sites for hydroxylation is 1. The lowest BCUT2D eigenvalue weighted by atomic mass is 10.1. The highest BCUT2D eigenvalue weighted by atomic mass is 32.2. The number of nitrogens with zero attached hydrogens (tertiary/aromatic N) is 2. The average molecular weight is 498 g/mol. The standard InChI is InChI=1S/C26H31N3O5S/c1-18-14-24(34-17-26(31)28-13-12-23(16-28)27-35(3,32)33)15-25(30)29(18)19(2)22-10-8-21(9-11-22)7-6-20-4-5-20/h8-11,14-15,19-20,23,27H,4-5,12-13,16-17H2,1-3H3/t19-,23-/m1/s1. The van der Waals surface area contributed by atoms with Gasteiger partial charge in [0.1, 0.15) is 5.75 Å². The van der Waals surface area contributed by atoms with Crippen molar-refractivity contribution in [2.75, 3.05) is 26.0 Å². The Bertz CT molecular complexity index is 1320. The fourth-order valence-corrected chi connectivity index (χ4v) is 5.09. The minimum absolute atomic E-state index is 0.174. The van der Waals surface area contributed by atoms with Crippen molar-refractivity contribution < 1.29 is 17.9 Å². The lowest BCUT2D eigenvalue weighted by Crippen LogP contribution is -2.39. The summed E-state index contributed by atoms with van der Waals surface area (Å²) in [5, 5.41) is 0. The number of ether oxygens (including phenoxy) is 1. The van der Waals surface area contributed by atoms with E-state index in [0.717, 1.165) is 23.1 Å². The van der Waals surface area contributed by atoms with Crippen LogP contribution in [0.25, 0.3) is 0 Å². The van der Waals surface area contributed by atoms with E-state index in [-0.39, 0.29) is 30.2 Å². The summed E-state index contributed by atoms with van der Waals surface area (Å²) in [7, 11) is -3.32. The third kappa shape index (κ3) is 6.74. The molecule has 1 aliphatic heterocycles. The van der Waals surface area contributed by atoms with Gasteiger partial charge in [0.05, 0.1) is 12.3 Å². The Hall–Kier alpha value is -3.09. The number of rotatable bonds is 7. The predicted octanol–water partition coefficient (Wildman–Crippen LogP) is 2.06. The fraction of sp³-hybridized carbons (Fsp3) is 0.462. The molecule has 9 heteroatoms. The SMILES string of the molecule is Cc1cc(OCC(=O)N2CC[C@@H](NS(C)(=O)=O)C2)cc(=O)n1[C@H](C)c1ccc(C#CC2CC2)cc1. The first-order chi connectivity index (χ1) is 16.6. The summed E-state index contributed by atoms with van der Waals surface area (Å²) in [6.45, 7) is 4.35. The molecule has 1 saturated heterocycles. The maximum atomic E-state index is 12.9. The van der Waals surface area contributed by atoms with Gasteiger partial charge in [-0.3, -0.25) is 9.59 Å². The van der Waals surface area contributed by atoms with Crippen molar-refractivity contribution in [1.29, 1.82) is 0 Å². The molecule has 35 heavy (non-hydrogen) atoms. The molecular weight excluding hydrogens is 466 g/mol. The number of pyridine rings is 1. The molecule has 2 aliphatic rings. The molecular formula is C26H31N3O5S. The zero-order valence-corrected chi connectivity index (χ0v) is 21.1. The fourth-order valence-electron chi connectivity index (χ4n) is 4.29. The molecule has 2 aromatic rings. The van der Waals surface area contributed by atoms with Gasteiger partial charge < -0.3 is 14.2 Å². The van der Waals surface area contributed by atoms with Crippen molar-refractivity contribution in [3.05, 3.63) is 63.6 Å². The van der Waals surface area contributed by atoms with Crippen LogP contribution < -0.4 is 15.0 Å². The lowest BCUT2D eigenvalue weighted by molar-refractivity contribution is -0.132. The Morgan fingerprint density at radius 3 is 2.54 bits per heavy atom. The van der Waals surface area contributed by atoms with Crippen LogP contribution in [0.3, 0.4) is 0 Å². The molecule has 4 rings (SSSR count). The normalized spacial score (nSPS) is 18.6. The number of carbonyl (C=O) groups excluding carboxylic acids is 1. The first kappa shape index (κ1) is 25.0. The second kappa shape index (κ2) is 10.3. The quantitative estimate of drug-likeness (QED) is 0.591. The first-order valence-electron chi connectivity index (χ1n) is 11.8. The van der Waals surface area contributed by atoms with Gasteiger partial charge in [0.25, 0.3) is 11.5 Å². The van der Waals surface area contributed by atoms with Crippen molar-refractivity contribution in [2.24, 2.45) is 5.92 Å². The first-order valence-corrected chi connectivity index (χ1v) is 13.7. The third-order valence-electron chi connectivity index (χ3n) is 6.30. The zero-order valence-electron chi connectivity index (χ0n) is 20.3. The summed E-state index contributed by atoms with van der Waals surface area (Å²) in [5.74, 6) is 7.09. The van der Waals surface area contributed by atoms with E-state index in [0.29, 0.717) is 31.2 Å². The van der Waals surface area contributed by atoms with Crippen molar-refractivity contribution in [3.63, 3.8) is 0 Å². The second-order valence-electron chi connectivity index (χ2n) is 9.39. The largest absolute Gasteiger partial charge is 0.484 e. The Morgan fingerprint density at radius 1 is 1.20 bits per heavy atom. The van der Waals surface area contributed by atoms with Crippen LogP contribution in [0, 0.1) is 24.7 Å². The van der Waals surface area contributed by atoms with Crippen LogP contribution in [0.15, 0.2) is 41.2 Å². The molecule has 1 amide bonds. The molecule has 1 aromatic carbocycles. The van der Waals surface area contributed by atoms with Gasteiger partial charge in [-0.1, -0.05) is 24.0 Å². The van der Waals surface area contributed by atoms with E-state index in [4.69, 9.17) is 4.74 Å². The summed E-state index contributed by atoms with van der Waals surface area (Å²) in [4.78, 5) is 27.0. The van der Waals surface area contributed by atoms with Gasteiger partial charge in [-0.05, 0) is 56.9 Å². The Kier molecular flexibility index (Phi) is 7.33. The molecule has 2 heterocycles. The van der Waals surface area contributed by atoms with Gasteiger partial charge in [-0.15, -0.1) is 0 Å². The molecule has 1 aromatic heterocycles. The van der Waals surface area contributed by atoms with Gasteiger partial charge in [-0.2, -0.15) is 0 Å². The molecule has 1 saturated carbocycles. The minimum Gasteiger partial charge on any atom is -0.484 e. The van der Waals surface area contributed by atoms with Crippen LogP contribution in [0.4, 0.5) is 0 Å². The summed E-state index contributed by atoms with van der Waals surface area (Å²) >= 11 is 0. The maximum absolute atomic E-state index is 12.9. The third-order valence-corrected chi connectivity index (χ3v) is 7.06. The van der Waals surface area contributed by atoms with E-state index < -0.39 is 10.0 Å². The number of nitrogens with one attached hydrogen (secondary N) is 1. The Balaban J connectivity index is 1.37. The summed E-state index contributed by atoms with van der Waals surface area (Å²) in [6, 6.07) is 10.6. The van der Waals surface area contributed by atoms with E-state index in [2.05, 4.69) is 16.6 Å². The van der Waals surface area contributed by atoms with E-state index in [1.54, 1.807) is 15.5 Å². The van der Waals surface area contributed by atoms with Gasteiger partial charge in [0, 0.05) is 42.4 Å². The molecule has 8 nitrogen and oxygen atoms in total. The van der Waals surface area contributed by atoms with Crippen LogP contribution in [0.2, 0.25) is 0 Å². The van der Waals surface area contributed by atoms with Gasteiger partial charge >= 0.3 is 0 Å². The number of likely N-dealkylation sites (tertiary alicyclic amines) is 1. The molecule has 2 atom stereocenters. The number of hydrogen-bond acceptors (Lipinski definition) is 5. The highest BCUT2D eigenvalue weighted by molar-refractivity contribution is 7.88. The number of sulfonamides is 1. The predicted molar refractivity (Wildman–Crippen MR) is 134 cm³/mol. The average Bonchev–Trinajstić information content (AvgIpc) is 3.51. The number of benzene rings is 1. The number of aromatic nitrogens is 1.